The van der Waals surface area contributed by atoms with Crippen molar-refractivity contribution in [3.05, 3.63) is 90.3 Å². The van der Waals surface area contributed by atoms with Crippen LogP contribution in [0.2, 0.25) is 0 Å². The zero-order chi connectivity index (χ0) is 26.9. The summed E-state index contributed by atoms with van der Waals surface area (Å²) >= 11 is 0. The molecule has 0 spiro atoms. The first-order valence-electron chi connectivity index (χ1n) is 12.7. The van der Waals surface area contributed by atoms with E-state index in [-0.39, 0.29) is 23.6 Å². The van der Waals surface area contributed by atoms with E-state index in [1.165, 1.54) is 18.3 Å². The number of nitrogens with zero attached hydrogens (tertiary/aromatic N) is 5. The quantitative estimate of drug-likeness (QED) is 0.314. The third kappa shape index (κ3) is 4.54. The van der Waals surface area contributed by atoms with Gasteiger partial charge in [-0.3, -0.25) is 14.3 Å². The minimum atomic E-state index is -0.401. The van der Waals surface area contributed by atoms with Crippen molar-refractivity contribution in [1.82, 2.24) is 30.0 Å². The molecule has 3 aromatic heterocycles. The van der Waals surface area contributed by atoms with Crippen LogP contribution in [0.15, 0.2) is 73.1 Å². The van der Waals surface area contributed by atoms with Gasteiger partial charge in [0.25, 0.3) is 5.91 Å². The SMILES string of the molecule is CCOc1ccc(-c2nnc([C@H]3C[C@H](NC(=O)c4cccc5c(O)ccnc45)C3)n2-c2ccccc2F)nc1. The maximum Gasteiger partial charge on any atom is 0.253 e. The van der Waals surface area contributed by atoms with Crippen LogP contribution in [-0.4, -0.2) is 48.4 Å². The van der Waals surface area contributed by atoms with Crippen LogP contribution in [0.5, 0.6) is 11.5 Å². The highest BCUT2D eigenvalue weighted by Crippen LogP contribution is 2.39. The second-order valence-corrected chi connectivity index (χ2v) is 9.35. The highest BCUT2D eigenvalue weighted by Gasteiger charge is 2.37. The van der Waals surface area contributed by atoms with Crippen LogP contribution in [0.1, 0.15) is 41.9 Å². The van der Waals surface area contributed by atoms with Crippen molar-refractivity contribution < 1.29 is 19.0 Å². The van der Waals surface area contributed by atoms with Crippen molar-refractivity contribution in [3.63, 3.8) is 0 Å². The van der Waals surface area contributed by atoms with E-state index < -0.39 is 5.82 Å². The molecule has 196 valence electrons. The molecule has 6 rings (SSSR count). The molecule has 3 heterocycles. The Morgan fingerprint density at radius 3 is 2.69 bits per heavy atom. The van der Waals surface area contributed by atoms with E-state index in [2.05, 4.69) is 25.5 Å². The molecular weight excluding hydrogens is 499 g/mol. The summed E-state index contributed by atoms with van der Waals surface area (Å²) < 4.78 is 22.2. The number of aromatic hydroxyl groups is 1. The van der Waals surface area contributed by atoms with Crippen molar-refractivity contribution >= 4 is 16.8 Å². The summed E-state index contributed by atoms with van der Waals surface area (Å²) in [6.07, 6.45) is 4.30. The number of benzene rings is 2. The summed E-state index contributed by atoms with van der Waals surface area (Å²) in [7, 11) is 0. The fourth-order valence-corrected chi connectivity index (χ4v) is 4.92. The second-order valence-electron chi connectivity index (χ2n) is 9.35. The molecule has 39 heavy (non-hydrogen) atoms. The molecule has 0 atom stereocenters. The van der Waals surface area contributed by atoms with Crippen molar-refractivity contribution in [2.24, 2.45) is 0 Å². The fourth-order valence-electron chi connectivity index (χ4n) is 4.92. The van der Waals surface area contributed by atoms with E-state index in [4.69, 9.17) is 4.74 Å². The predicted octanol–water partition coefficient (Wildman–Crippen LogP) is 4.80. The molecule has 5 aromatic rings. The van der Waals surface area contributed by atoms with Crippen LogP contribution in [0.4, 0.5) is 4.39 Å². The Morgan fingerprint density at radius 2 is 1.92 bits per heavy atom. The molecule has 0 saturated heterocycles. The van der Waals surface area contributed by atoms with Crippen molar-refractivity contribution in [2.75, 3.05) is 6.61 Å². The predicted molar refractivity (Wildman–Crippen MR) is 142 cm³/mol. The van der Waals surface area contributed by atoms with Gasteiger partial charge in [0.05, 0.1) is 29.6 Å². The molecular formula is C29H25FN6O3. The van der Waals surface area contributed by atoms with Gasteiger partial charge in [-0.05, 0) is 62.2 Å². The summed E-state index contributed by atoms with van der Waals surface area (Å²) in [5.41, 5.74) is 1.71. The Bertz CT molecular complexity index is 1660. The molecule has 1 amide bonds. The first-order chi connectivity index (χ1) is 19.0. The van der Waals surface area contributed by atoms with Crippen molar-refractivity contribution in [3.8, 4) is 28.7 Å². The van der Waals surface area contributed by atoms with Crippen LogP contribution >= 0.6 is 0 Å². The molecule has 1 aliphatic carbocycles. The number of carbonyl (C=O) groups is 1. The van der Waals surface area contributed by atoms with Gasteiger partial charge in [0, 0.05) is 23.5 Å². The number of fused-ring (bicyclic) bond motifs is 1. The van der Waals surface area contributed by atoms with Gasteiger partial charge >= 0.3 is 0 Å². The van der Waals surface area contributed by atoms with Gasteiger partial charge in [-0.25, -0.2) is 9.37 Å². The molecule has 0 bridgehead atoms. The standard InChI is InChI=1S/C29H25FN6O3/c1-2-39-19-10-11-23(32-16-19)28-35-34-27(36(28)24-9-4-3-8-22(24)30)17-14-18(15-17)33-29(38)21-7-5-6-20-25(37)12-13-31-26(20)21/h3-13,16-18H,2,14-15H2,1H3,(H,31,37)(H,33,38)/t17-,18-. The topological polar surface area (TPSA) is 115 Å². The van der Waals surface area contributed by atoms with Gasteiger partial charge < -0.3 is 15.2 Å². The number of halogens is 1. The average molecular weight is 525 g/mol. The molecule has 1 saturated carbocycles. The number of hydrogen-bond acceptors (Lipinski definition) is 7. The van der Waals surface area contributed by atoms with Crippen LogP contribution in [0, 0.1) is 5.82 Å². The number of nitrogens with one attached hydrogen (secondary N) is 1. The highest BCUT2D eigenvalue weighted by atomic mass is 19.1. The Morgan fingerprint density at radius 1 is 1.08 bits per heavy atom. The number of carbonyl (C=O) groups excluding carboxylic acids is 1. The normalized spacial score (nSPS) is 16.6. The first-order valence-corrected chi connectivity index (χ1v) is 12.7. The third-order valence-corrected chi connectivity index (χ3v) is 6.89. The lowest BCUT2D eigenvalue weighted by Crippen LogP contribution is -2.44. The third-order valence-electron chi connectivity index (χ3n) is 6.89. The maximum atomic E-state index is 15.0. The number of aromatic nitrogens is 5. The van der Waals surface area contributed by atoms with Crippen molar-refractivity contribution in [2.45, 2.75) is 31.7 Å². The number of hydrogen-bond donors (Lipinski definition) is 2. The molecule has 0 aliphatic heterocycles. The largest absolute Gasteiger partial charge is 0.507 e. The Labute approximate surface area is 223 Å². The minimum Gasteiger partial charge on any atom is -0.507 e. The Kier molecular flexibility index (Phi) is 6.36. The van der Waals surface area contributed by atoms with Gasteiger partial charge in [-0.1, -0.05) is 18.2 Å². The van der Waals surface area contributed by atoms with E-state index in [0.29, 0.717) is 64.7 Å². The first kappa shape index (κ1) is 24.5. The van der Waals surface area contributed by atoms with Gasteiger partial charge in [0.1, 0.15) is 28.8 Å². The summed E-state index contributed by atoms with van der Waals surface area (Å²) in [6, 6.07) is 16.6. The molecule has 2 aromatic carbocycles. The number of pyridine rings is 2. The summed E-state index contributed by atoms with van der Waals surface area (Å²) in [4.78, 5) is 21.8. The van der Waals surface area contributed by atoms with E-state index >= 15 is 0 Å². The minimum absolute atomic E-state index is 0.0476. The van der Waals surface area contributed by atoms with E-state index in [1.807, 2.05) is 6.92 Å². The maximum absolute atomic E-state index is 15.0. The van der Waals surface area contributed by atoms with E-state index in [1.54, 1.807) is 59.3 Å². The second kappa shape index (κ2) is 10.1. The average Bonchev–Trinajstić information content (AvgIpc) is 3.35. The fraction of sp³-hybridized carbons (Fsp3) is 0.207. The zero-order valence-corrected chi connectivity index (χ0v) is 21.1. The zero-order valence-electron chi connectivity index (χ0n) is 21.1. The van der Waals surface area contributed by atoms with Gasteiger partial charge in [0.2, 0.25) is 0 Å². The Hall–Kier alpha value is -4.86. The highest BCUT2D eigenvalue weighted by molar-refractivity contribution is 6.06. The number of amides is 1. The lowest BCUT2D eigenvalue weighted by Gasteiger charge is -2.35. The summed E-state index contributed by atoms with van der Waals surface area (Å²) in [5, 5.41) is 22.5. The molecule has 10 heteroatoms. The van der Waals surface area contributed by atoms with Crippen LogP contribution in [-0.2, 0) is 0 Å². The van der Waals surface area contributed by atoms with Gasteiger partial charge in [0.15, 0.2) is 5.82 Å². The molecule has 2 N–H and O–H groups in total. The van der Waals surface area contributed by atoms with Crippen LogP contribution < -0.4 is 10.1 Å². The lowest BCUT2D eigenvalue weighted by molar-refractivity contribution is 0.0908. The number of rotatable bonds is 7. The van der Waals surface area contributed by atoms with Crippen LogP contribution in [0.25, 0.3) is 28.1 Å². The summed E-state index contributed by atoms with van der Waals surface area (Å²) in [6.45, 7) is 2.42. The van der Waals surface area contributed by atoms with E-state index in [9.17, 15) is 14.3 Å². The lowest BCUT2D eigenvalue weighted by atomic mass is 9.79. The van der Waals surface area contributed by atoms with Gasteiger partial charge in [-0.2, -0.15) is 0 Å². The Balaban J connectivity index is 1.25. The monoisotopic (exact) mass is 524 g/mol. The smallest absolute Gasteiger partial charge is 0.253 e. The molecule has 0 unspecified atom stereocenters. The molecule has 0 radical (unpaired) electrons. The number of para-hydroxylation sites is 2. The van der Waals surface area contributed by atoms with Crippen LogP contribution in [0.3, 0.4) is 0 Å². The molecule has 1 fully saturated rings. The molecule has 9 nitrogen and oxygen atoms in total. The van der Waals surface area contributed by atoms with E-state index in [0.717, 1.165) is 0 Å². The molecule has 1 aliphatic rings. The van der Waals surface area contributed by atoms with Crippen molar-refractivity contribution in [1.29, 1.82) is 0 Å². The summed E-state index contributed by atoms with van der Waals surface area (Å²) in [5.74, 6) is 1.02. The number of ether oxygens (including phenoxy) is 1. The van der Waals surface area contributed by atoms with Gasteiger partial charge in [-0.15, -0.1) is 10.2 Å².